The lowest BCUT2D eigenvalue weighted by atomic mass is 10.2. The van der Waals surface area contributed by atoms with Gasteiger partial charge in [-0.3, -0.25) is 4.79 Å². The lowest BCUT2D eigenvalue weighted by molar-refractivity contribution is -0.128. The van der Waals surface area contributed by atoms with E-state index >= 15 is 0 Å². The van der Waals surface area contributed by atoms with Crippen LogP contribution < -0.4 is 5.32 Å². The van der Waals surface area contributed by atoms with Crippen LogP contribution in [0.4, 0.5) is 8.78 Å². The molecule has 2 atom stereocenters. The molecule has 1 aliphatic heterocycles. The zero-order valence-electron chi connectivity index (χ0n) is 9.27. The summed E-state index contributed by atoms with van der Waals surface area (Å²) < 4.78 is 26.8. The van der Waals surface area contributed by atoms with Crippen molar-refractivity contribution >= 4 is 17.7 Å². The second kappa shape index (κ2) is 5.59. The average Bonchev–Trinajstić information content (AvgIpc) is 2.63. The van der Waals surface area contributed by atoms with Crippen molar-refractivity contribution in [3.8, 4) is 0 Å². The molecular weight excluding hydrogens is 238 g/mol. The van der Waals surface area contributed by atoms with Gasteiger partial charge in [0.25, 0.3) is 5.91 Å². The normalized spacial score (nSPS) is 24.3. The lowest BCUT2D eigenvalue weighted by Gasteiger charge is -2.17. The molecule has 0 aromatic carbocycles. The smallest absolute Gasteiger partial charge is 0.254 e. The van der Waals surface area contributed by atoms with Gasteiger partial charge in [-0.15, -0.1) is 0 Å². The van der Waals surface area contributed by atoms with Crippen LogP contribution in [0.2, 0.25) is 0 Å². The number of allylic oxidation sites excluding steroid dienone is 1. The Kier molecular flexibility index (Phi) is 4.68. The van der Waals surface area contributed by atoms with Crippen molar-refractivity contribution in [2.45, 2.75) is 32.5 Å². The first-order valence-corrected chi connectivity index (χ1v) is 5.42. The zero-order valence-corrected chi connectivity index (χ0v) is 10.0. The lowest BCUT2D eigenvalue weighted by Crippen LogP contribution is -2.39. The third-order valence-corrected chi connectivity index (χ3v) is 2.72. The molecule has 1 aliphatic rings. The summed E-state index contributed by atoms with van der Waals surface area (Å²) in [5.74, 6) is -0.934. The van der Waals surface area contributed by atoms with Crippen molar-refractivity contribution in [2.75, 3.05) is 13.1 Å². The molecule has 0 spiro atoms. The SMILES string of the molecule is CC(C)=C(F)CN(Cl)C(=O)[C@@H]1C[C@@H](F)CN1. The van der Waals surface area contributed by atoms with Crippen LogP contribution in [0.5, 0.6) is 0 Å². The highest BCUT2D eigenvalue weighted by molar-refractivity contribution is 6.22. The van der Waals surface area contributed by atoms with Crippen LogP contribution >= 0.6 is 11.8 Å². The molecule has 0 aromatic rings. The maximum atomic E-state index is 13.2. The number of hydrogen-bond acceptors (Lipinski definition) is 2. The molecule has 6 heteroatoms. The van der Waals surface area contributed by atoms with E-state index in [0.29, 0.717) is 5.57 Å². The zero-order chi connectivity index (χ0) is 12.3. The van der Waals surface area contributed by atoms with Gasteiger partial charge in [0.2, 0.25) is 0 Å². The minimum atomic E-state index is -1.03. The first-order chi connectivity index (χ1) is 7.41. The third kappa shape index (κ3) is 3.42. The number of rotatable bonds is 3. The minimum absolute atomic E-state index is 0.0957. The second-order valence-electron chi connectivity index (χ2n) is 4.06. The predicted octanol–water partition coefficient (Wildman–Crippen LogP) is 1.93. The van der Waals surface area contributed by atoms with Gasteiger partial charge in [-0.2, -0.15) is 0 Å². The van der Waals surface area contributed by atoms with E-state index in [0.717, 1.165) is 4.42 Å². The van der Waals surface area contributed by atoms with E-state index in [9.17, 15) is 13.6 Å². The van der Waals surface area contributed by atoms with Gasteiger partial charge in [-0.25, -0.2) is 13.2 Å². The number of carbonyl (C=O) groups is 1. The van der Waals surface area contributed by atoms with Crippen LogP contribution in [0.25, 0.3) is 0 Å². The molecule has 0 radical (unpaired) electrons. The van der Waals surface area contributed by atoms with Crippen LogP contribution in [0.1, 0.15) is 20.3 Å². The van der Waals surface area contributed by atoms with Crippen molar-refractivity contribution in [3.05, 3.63) is 11.4 Å². The van der Waals surface area contributed by atoms with E-state index in [1.807, 2.05) is 0 Å². The van der Waals surface area contributed by atoms with Crippen molar-refractivity contribution in [1.29, 1.82) is 0 Å². The summed E-state index contributed by atoms with van der Waals surface area (Å²) in [6.45, 7) is 3.05. The molecule has 92 valence electrons. The highest BCUT2D eigenvalue weighted by atomic mass is 35.5. The van der Waals surface area contributed by atoms with E-state index in [2.05, 4.69) is 5.32 Å². The van der Waals surface area contributed by atoms with Gasteiger partial charge >= 0.3 is 0 Å². The first kappa shape index (κ1) is 13.4. The Balaban J connectivity index is 2.51. The highest BCUT2D eigenvalue weighted by Gasteiger charge is 2.32. The van der Waals surface area contributed by atoms with Gasteiger partial charge in [0.1, 0.15) is 12.0 Å². The maximum Gasteiger partial charge on any atom is 0.254 e. The van der Waals surface area contributed by atoms with E-state index in [1.54, 1.807) is 13.8 Å². The van der Waals surface area contributed by atoms with E-state index < -0.39 is 23.9 Å². The molecule has 0 saturated carbocycles. The Morgan fingerprint density at radius 2 is 2.19 bits per heavy atom. The summed E-state index contributed by atoms with van der Waals surface area (Å²) in [5, 5.41) is 2.70. The summed E-state index contributed by atoms with van der Waals surface area (Å²) >= 11 is 5.65. The van der Waals surface area contributed by atoms with Crippen LogP contribution in [-0.4, -0.2) is 35.6 Å². The topological polar surface area (TPSA) is 32.3 Å². The molecule has 1 N–H and O–H groups in total. The Hall–Kier alpha value is -0.680. The molecule has 1 rings (SSSR count). The summed E-state index contributed by atoms with van der Waals surface area (Å²) in [5.41, 5.74) is 0.473. The molecule has 0 aromatic heterocycles. The van der Waals surface area contributed by atoms with E-state index in [1.165, 1.54) is 0 Å². The Morgan fingerprint density at radius 1 is 1.56 bits per heavy atom. The van der Waals surface area contributed by atoms with Crippen molar-refractivity contribution in [3.63, 3.8) is 0 Å². The molecule has 1 amide bonds. The number of nitrogens with zero attached hydrogens (tertiary/aromatic N) is 1. The molecule has 1 fully saturated rings. The van der Waals surface area contributed by atoms with Gasteiger partial charge in [-0.05, 0) is 19.4 Å². The van der Waals surface area contributed by atoms with Crippen LogP contribution in [0, 0.1) is 0 Å². The quantitative estimate of drug-likeness (QED) is 0.779. The predicted molar refractivity (Wildman–Crippen MR) is 58.4 cm³/mol. The number of hydrogen-bond donors (Lipinski definition) is 1. The molecular formula is C10H15ClF2N2O. The molecule has 16 heavy (non-hydrogen) atoms. The standard InChI is InChI=1S/C10H15ClF2N2O/c1-6(2)8(13)5-15(11)10(16)9-3-7(12)4-14-9/h7,9,14H,3-5H2,1-2H3/t7-,9+/m1/s1. The Morgan fingerprint density at radius 3 is 2.62 bits per heavy atom. The molecule has 3 nitrogen and oxygen atoms in total. The maximum absolute atomic E-state index is 13.2. The minimum Gasteiger partial charge on any atom is -0.303 e. The third-order valence-electron chi connectivity index (χ3n) is 2.43. The fourth-order valence-corrected chi connectivity index (χ4v) is 1.63. The van der Waals surface area contributed by atoms with Gasteiger partial charge in [-0.1, -0.05) is 0 Å². The fraction of sp³-hybridized carbons (Fsp3) is 0.700. The summed E-state index contributed by atoms with van der Waals surface area (Å²) in [7, 11) is 0. The van der Waals surface area contributed by atoms with Crippen LogP contribution in [0.3, 0.4) is 0 Å². The van der Waals surface area contributed by atoms with Crippen molar-refractivity contribution in [2.24, 2.45) is 0 Å². The van der Waals surface area contributed by atoms with Gasteiger partial charge in [0.15, 0.2) is 0 Å². The molecule has 1 heterocycles. The molecule has 0 unspecified atom stereocenters. The summed E-state index contributed by atoms with van der Waals surface area (Å²) in [4.78, 5) is 11.6. The monoisotopic (exact) mass is 252 g/mol. The second-order valence-corrected chi connectivity index (χ2v) is 4.47. The first-order valence-electron chi connectivity index (χ1n) is 5.08. The summed E-state index contributed by atoms with van der Waals surface area (Å²) in [6, 6.07) is -0.641. The number of alkyl halides is 1. The Labute approximate surface area is 98.5 Å². The number of halogens is 3. The largest absolute Gasteiger partial charge is 0.303 e. The number of amides is 1. The molecule has 0 aliphatic carbocycles. The Bertz CT molecular complexity index is 305. The van der Waals surface area contributed by atoms with Gasteiger partial charge < -0.3 is 5.32 Å². The van der Waals surface area contributed by atoms with Gasteiger partial charge in [0, 0.05) is 24.7 Å². The molecule has 0 bridgehead atoms. The van der Waals surface area contributed by atoms with Crippen LogP contribution in [-0.2, 0) is 4.79 Å². The number of carbonyl (C=O) groups excluding carboxylic acids is 1. The number of nitrogens with one attached hydrogen (secondary N) is 1. The highest BCUT2D eigenvalue weighted by Crippen LogP contribution is 2.16. The molecule has 1 saturated heterocycles. The van der Waals surface area contributed by atoms with Gasteiger partial charge in [0.05, 0.1) is 12.6 Å². The average molecular weight is 253 g/mol. The summed E-state index contributed by atoms with van der Waals surface area (Å²) in [6.07, 6.45) is -0.939. The van der Waals surface area contributed by atoms with E-state index in [-0.39, 0.29) is 19.5 Å². The van der Waals surface area contributed by atoms with Crippen molar-refractivity contribution in [1.82, 2.24) is 9.74 Å². The fourth-order valence-electron chi connectivity index (χ4n) is 1.41. The van der Waals surface area contributed by atoms with E-state index in [4.69, 9.17) is 11.8 Å². The van der Waals surface area contributed by atoms with Crippen molar-refractivity contribution < 1.29 is 13.6 Å². The van der Waals surface area contributed by atoms with Crippen LogP contribution in [0.15, 0.2) is 11.4 Å².